The number of nitrogens with zero attached hydrogens (tertiary/aromatic N) is 2. The molecular weight excluding hydrogens is 339 g/mol. The van der Waals surface area contributed by atoms with Gasteiger partial charge in [0.2, 0.25) is 15.7 Å². The quantitative estimate of drug-likeness (QED) is 0.867. The molecule has 1 aromatic carbocycles. The summed E-state index contributed by atoms with van der Waals surface area (Å²) in [6, 6.07) is 6.12. The van der Waals surface area contributed by atoms with Crippen LogP contribution in [0.4, 0.5) is 10.1 Å². The molecule has 2 fully saturated rings. The molecule has 0 radical (unpaired) electrons. The van der Waals surface area contributed by atoms with E-state index in [2.05, 4.69) is 0 Å². The van der Waals surface area contributed by atoms with Crippen LogP contribution >= 0.6 is 0 Å². The molecule has 1 unspecified atom stereocenters. The summed E-state index contributed by atoms with van der Waals surface area (Å²) < 4.78 is 39.3. The molecule has 24 heavy (non-hydrogen) atoms. The molecule has 1 atom stereocenters. The Morgan fingerprint density at radius 1 is 1.25 bits per heavy atom. The van der Waals surface area contributed by atoms with Gasteiger partial charge in [0.05, 0.1) is 18.0 Å². The highest BCUT2D eigenvalue weighted by atomic mass is 32.2. The van der Waals surface area contributed by atoms with Crippen molar-refractivity contribution in [2.24, 2.45) is 0 Å². The van der Waals surface area contributed by atoms with Crippen molar-refractivity contribution in [1.82, 2.24) is 4.90 Å². The highest BCUT2D eigenvalue weighted by Gasteiger charge is 2.47. The molecule has 0 spiro atoms. The number of aliphatic carboxylic acids is 1. The zero-order valence-corrected chi connectivity index (χ0v) is 13.6. The van der Waals surface area contributed by atoms with Crippen molar-refractivity contribution in [3.8, 4) is 0 Å². The van der Waals surface area contributed by atoms with Crippen molar-refractivity contribution in [3.05, 3.63) is 29.8 Å². The summed E-state index contributed by atoms with van der Waals surface area (Å²) in [7, 11) is -3.36. The number of likely N-dealkylation sites (tertiary alicyclic amines) is 1. The Hall–Kier alpha value is -2.16. The summed E-state index contributed by atoms with van der Waals surface area (Å²) in [6.07, 6.45) is 0.268. The molecule has 2 aliphatic heterocycles. The molecule has 1 aromatic rings. The number of halogens is 1. The number of hydrogen-bond acceptors (Lipinski definition) is 4. The predicted molar refractivity (Wildman–Crippen MR) is 84.2 cm³/mol. The maximum Gasteiger partial charge on any atom is 0.343 e. The number of sulfonamides is 1. The van der Waals surface area contributed by atoms with Gasteiger partial charge in [-0.2, -0.15) is 0 Å². The second kappa shape index (κ2) is 5.73. The van der Waals surface area contributed by atoms with Gasteiger partial charge in [-0.15, -0.1) is 0 Å². The molecule has 2 saturated heterocycles. The summed E-state index contributed by atoms with van der Waals surface area (Å²) in [4.78, 5) is 24.6. The van der Waals surface area contributed by atoms with Crippen LogP contribution < -0.4 is 4.31 Å². The minimum absolute atomic E-state index is 0.00781. The van der Waals surface area contributed by atoms with Gasteiger partial charge >= 0.3 is 5.97 Å². The lowest BCUT2D eigenvalue weighted by molar-refractivity contribution is -0.149. The maximum atomic E-state index is 14.1. The number of anilines is 1. The topological polar surface area (TPSA) is 95.0 Å². The van der Waals surface area contributed by atoms with Gasteiger partial charge in [0.25, 0.3) is 5.91 Å². The second-order valence-electron chi connectivity index (χ2n) is 6.04. The van der Waals surface area contributed by atoms with E-state index in [1.807, 2.05) is 0 Å². The fourth-order valence-electron chi connectivity index (χ4n) is 3.03. The molecule has 3 rings (SSSR count). The SMILES string of the molecule is O=C(c1cccc(N2CCCS2(=O)=O)c1)N1CCC(F)(C(=O)O)C1. The Morgan fingerprint density at radius 3 is 2.58 bits per heavy atom. The lowest BCUT2D eigenvalue weighted by atomic mass is 10.1. The third-order valence-corrected chi connectivity index (χ3v) is 6.24. The van der Waals surface area contributed by atoms with Gasteiger partial charge in [0.1, 0.15) is 0 Å². The predicted octanol–water partition coefficient (Wildman–Crippen LogP) is 0.865. The van der Waals surface area contributed by atoms with E-state index in [9.17, 15) is 22.4 Å². The van der Waals surface area contributed by atoms with Crippen LogP contribution in [0.5, 0.6) is 0 Å². The molecule has 0 aliphatic carbocycles. The van der Waals surface area contributed by atoms with Gasteiger partial charge in [-0.3, -0.25) is 9.10 Å². The smallest absolute Gasteiger partial charge is 0.343 e. The van der Waals surface area contributed by atoms with E-state index in [0.29, 0.717) is 18.7 Å². The maximum absolute atomic E-state index is 14.1. The summed E-state index contributed by atoms with van der Waals surface area (Å²) in [5.41, 5.74) is -1.82. The van der Waals surface area contributed by atoms with Gasteiger partial charge in [-0.1, -0.05) is 6.07 Å². The molecule has 9 heteroatoms. The molecule has 1 amide bonds. The van der Waals surface area contributed by atoms with E-state index >= 15 is 0 Å². The number of carboxylic acid groups (broad SMARTS) is 1. The molecule has 2 heterocycles. The summed E-state index contributed by atoms with van der Waals surface area (Å²) in [5.74, 6) is -2.01. The van der Waals surface area contributed by atoms with Crippen molar-refractivity contribution in [1.29, 1.82) is 0 Å². The monoisotopic (exact) mass is 356 g/mol. The van der Waals surface area contributed by atoms with Crippen LogP contribution in [0.25, 0.3) is 0 Å². The first kappa shape index (κ1) is 16.7. The lowest BCUT2D eigenvalue weighted by Crippen LogP contribution is -2.39. The van der Waals surface area contributed by atoms with Crippen LogP contribution in [0.1, 0.15) is 23.2 Å². The van der Waals surface area contributed by atoms with Crippen molar-refractivity contribution in [2.45, 2.75) is 18.5 Å². The van der Waals surface area contributed by atoms with E-state index in [-0.39, 0.29) is 24.3 Å². The number of alkyl halides is 1. The molecular formula is C15H17FN2O5S. The highest BCUT2D eigenvalue weighted by Crippen LogP contribution is 2.29. The summed E-state index contributed by atoms with van der Waals surface area (Å²) in [5, 5.41) is 8.90. The van der Waals surface area contributed by atoms with E-state index in [1.165, 1.54) is 16.4 Å². The standard InChI is InChI=1S/C15H17FN2O5S/c16-15(14(20)21)5-7-17(10-15)13(19)11-3-1-4-12(9-11)18-6-2-8-24(18,22)23/h1,3-4,9H,2,5-8,10H2,(H,20,21). The average Bonchev–Trinajstić information content (AvgIpc) is 3.10. The Balaban J connectivity index is 1.82. The molecule has 0 saturated carbocycles. The average molecular weight is 356 g/mol. The van der Waals surface area contributed by atoms with Gasteiger partial charge < -0.3 is 10.0 Å². The van der Waals surface area contributed by atoms with Crippen molar-refractivity contribution in [3.63, 3.8) is 0 Å². The molecule has 2 aliphatic rings. The Bertz CT molecular complexity index is 797. The van der Waals surface area contributed by atoms with Crippen LogP contribution in [0.2, 0.25) is 0 Å². The fourth-order valence-corrected chi connectivity index (χ4v) is 4.58. The molecule has 130 valence electrons. The summed E-state index contributed by atoms with van der Waals surface area (Å²) in [6.45, 7) is -0.141. The van der Waals surface area contributed by atoms with Gasteiger partial charge in [0, 0.05) is 25.1 Å². The highest BCUT2D eigenvalue weighted by molar-refractivity contribution is 7.93. The molecule has 0 aromatic heterocycles. The molecule has 0 bridgehead atoms. The first-order valence-electron chi connectivity index (χ1n) is 7.55. The number of benzene rings is 1. The van der Waals surface area contributed by atoms with Crippen LogP contribution in [0.3, 0.4) is 0 Å². The minimum Gasteiger partial charge on any atom is -0.479 e. The Morgan fingerprint density at radius 2 is 2.00 bits per heavy atom. The lowest BCUT2D eigenvalue weighted by Gasteiger charge is -2.20. The van der Waals surface area contributed by atoms with E-state index < -0.39 is 34.1 Å². The van der Waals surface area contributed by atoms with Crippen molar-refractivity contribution >= 4 is 27.6 Å². The van der Waals surface area contributed by atoms with Crippen LogP contribution in [0, 0.1) is 0 Å². The van der Waals surface area contributed by atoms with E-state index in [0.717, 1.165) is 4.90 Å². The van der Waals surface area contributed by atoms with Gasteiger partial charge in [0.15, 0.2) is 0 Å². The normalized spacial score (nSPS) is 25.9. The van der Waals surface area contributed by atoms with Crippen LogP contribution in [-0.2, 0) is 14.8 Å². The Kier molecular flexibility index (Phi) is 3.98. The third-order valence-electron chi connectivity index (χ3n) is 4.37. The summed E-state index contributed by atoms with van der Waals surface area (Å²) >= 11 is 0. The van der Waals surface area contributed by atoms with Gasteiger partial charge in [-0.25, -0.2) is 17.6 Å². The first-order valence-corrected chi connectivity index (χ1v) is 9.16. The number of amides is 1. The van der Waals surface area contributed by atoms with Crippen molar-refractivity contribution in [2.75, 3.05) is 29.7 Å². The van der Waals surface area contributed by atoms with Crippen LogP contribution in [-0.4, -0.2) is 61.4 Å². The van der Waals surface area contributed by atoms with Gasteiger partial charge in [-0.05, 0) is 24.6 Å². The zero-order valence-electron chi connectivity index (χ0n) is 12.8. The minimum atomic E-state index is -3.36. The number of rotatable bonds is 3. The first-order chi connectivity index (χ1) is 11.2. The van der Waals surface area contributed by atoms with E-state index in [1.54, 1.807) is 12.1 Å². The van der Waals surface area contributed by atoms with Crippen LogP contribution in [0.15, 0.2) is 24.3 Å². The fraction of sp³-hybridized carbons (Fsp3) is 0.467. The third kappa shape index (κ3) is 2.83. The van der Waals surface area contributed by atoms with E-state index in [4.69, 9.17) is 5.11 Å². The number of carbonyl (C=O) groups excluding carboxylic acids is 1. The second-order valence-corrected chi connectivity index (χ2v) is 8.05. The number of hydrogen-bond donors (Lipinski definition) is 1. The molecule has 1 N–H and O–H groups in total. The Labute approximate surface area is 138 Å². The zero-order chi connectivity index (χ0) is 17.5. The number of carboxylic acids is 1. The van der Waals surface area contributed by atoms with Crippen molar-refractivity contribution < 1.29 is 27.5 Å². The number of carbonyl (C=O) groups is 2. The molecule has 7 nitrogen and oxygen atoms in total. The largest absolute Gasteiger partial charge is 0.479 e.